The Labute approximate surface area is 265 Å². The summed E-state index contributed by atoms with van der Waals surface area (Å²) in [6, 6.07) is 29.7. The summed E-state index contributed by atoms with van der Waals surface area (Å²) in [4.78, 5) is 9.81. The quantitative estimate of drug-likeness (QED) is 0.114. The molecular formula is C26H20N2Na2O6S2. The molecule has 3 aromatic carbocycles. The van der Waals surface area contributed by atoms with Crippen molar-refractivity contribution < 1.29 is 85.1 Å². The minimum Gasteiger partial charge on any atom is -0.736 e. The van der Waals surface area contributed by atoms with Crippen molar-refractivity contribution >= 4 is 40.1 Å². The number of fused-ring (bicyclic) bond motifs is 3. The van der Waals surface area contributed by atoms with Crippen LogP contribution in [0.4, 0.5) is 0 Å². The fourth-order valence-corrected chi connectivity index (χ4v) is 3.94. The minimum atomic E-state index is -5.67. The molecule has 5 aromatic rings. The van der Waals surface area contributed by atoms with Gasteiger partial charge in [-0.05, 0) is 48.2 Å². The normalized spacial score (nSPS) is 11.2. The van der Waals surface area contributed by atoms with Gasteiger partial charge in [-0.15, -0.1) is 0 Å². The fraction of sp³-hybridized carbons (Fsp3) is 0.0769. The summed E-state index contributed by atoms with van der Waals surface area (Å²) in [7, 11) is -11.3. The van der Waals surface area contributed by atoms with Gasteiger partial charge in [0, 0.05) is 22.2 Å². The van der Waals surface area contributed by atoms with Crippen molar-refractivity contribution in [3.8, 4) is 22.3 Å². The monoisotopic (exact) mass is 566 g/mol. The van der Waals surface area contributed by atoms with Crippen LogP contribution in [0, 0.1) is 13.8 Å². The molecule has 0 spiro atoms. The van der Waals surface area contributed by atoms with Crippen molar-refractivity contribution in [2.24, 2.45) is 0 Å². The standard InChI is InChI=1S/C26H20N2.2Na.H2O6S2/c1-17-15-23(19-9-5-3-6-10-19)21-13-14-22-24(20-11-7-4-8-12-20)16-18(2)28-26(22)25(21)27-17;;;1-7(2,3)8(4,5)6/h3-16H,1-2H3;;;(H,1,2,3)(H,4,5,6)/q;2*+1;/p-2. The number of rotatable bonds is 3. The van der Waals surface area contributed by atoms with E-state index in [9.17, 15) is 25.9 Å². The van der Waals surface area contributed by atoms with Crippen LogP contribution in [-0.4, -0.2) is 35.9 Å². The van der Waals surface area contributed by atoms with Crippen LogP contribution in [-0.2, 0) is 18.3 Å². The van der Waals surface area contributed by atoms with Gasteiger partial charge in [0.15, 0.2) is 18.3 Å². The van der Waals surface area contributed by atoms with Crippen molar-refractivity contribution in [2.75, 3.05) is 0 Å². The molecule has 0 radical (unpaired) electrons. The maximum Gasteiger partial charge on any atom is 1.00 e. The Bertz CT molecular complexity index is 1670. The predicted octanol–water partition coefficient (Wildman–Crippen LogP) is -1.27. The molecule has 12 heteroatoms. The molecule has 38 heavy (non-hydrogen) atoms. The van der Waals surface area contributed by atoms with Crippen LogP contribution in [0.25, 0.3) is 44.1 Å². The van der Waals surface area contributed by atoms with Gasteiger partial charge in [0.25, 0.3) is 0 Å². The van der Waals surface area contributed by atoms with Gasteiger partial charge >= 0.3 is 59.1 Å². The smallest absolute Gasteiger partial charge is 0.736 e. The topological polar surface area (TPSA) is 140 Å². The summed E-state index contributed by atoms with van der Waals surface area (Å²) in [5, 5.41) is 2.28. The summed E-state index contributed by atoms with van der Waals surface area (Å²) in [6.45, 7) is 4.11. The third-order valence-corrected chi connectivity index (χ3v) is 7.43. The van der Waals surface area contributed by atoms with E-state index in [1.807, 2.05) is 12.1 Å². The van der Waals surface area contributed by atoms with Gasteiger partial charge in [0.1, 0.15) is 0 Å². The molecule has 8 nitrogen and oxygen atoms in total. The largest absolute Gasteiger partial charge is 1.00 e. The molecule has 0 aliphatic rings. The SMILES string of the molecule is Cc1cc(-c2ccccc2)c2ccc3c(-c4ccccc4)cc(C)nc3c2n1.O=S(=O)([O-])S(=O)(=O)[O-].[Na+].[Na+]. The summed E-state index contributed by atoms with van der Waals surface area (Å²) in [6.07, 6.45) is 0. The molecule has 0 aliphatic carbocycles. The molecule has 0 fully saturated rings. The molecule has 2 heterocycles. The van der Waals surface area contributed by atoms with Crippen molar-refractivity contribution in [3.63, 3.8) is 0 Å². The van der Waals surface area contributed by atoms with E-state index >= 15 is 0 Å². The number of benzene rings is 3. The van der Waals surface area contributed by atoms with Crippen molar-refractivity contribution in [1.29, 1.82) is 0 Å². The molecule has 0 saturated carbocycles. The summed E-state index contributed by atoms with van der Waals surface area (Å²) >= 11 is 0. The molecular weight excluding hydrogens is 546 g/mol. The van der Waals surface area contributed by atoms with Crippen LogP contribution in [0.5, 0.6) is 0 Å². The van der Waals surface area contributed by atoms with Crippen molar-refractivity contribution in [3.05, 3.63) is 96.3 Å². The van der Waals surface area contributed by atoms with Gasteiger partial charge < -0.3 is 9.11 Å². The van der Waals surface area contributed by atoms with Crippen LogP contribution in [0.15, 0.2) is 84.9 Å². The minimum absolute atomic E-state index is 0. The molecule has 0 amide bonds. The molecule has 0 N–H and O–H groups in total. The molecule has 0 atom stereocenters. The van der Waals surface area contributed by atoms with E-state index in [2.05, 4.69) is 86.6 Å². The summed E-state index contributed by atoms with van der Waals surface area (Å²) in [5.41, 5.74) is 8.76. The Kier molecular flexibility index (Phi) is 11.2. The molecule has 184 valence electrons. The number of aryl methyl sites for hydroxylation is 2. The van der Waals surface area contributed by atoms with Gasteiger partial charge in [-0.25, -0.2) is 16.8 Å². The second kappa shape index (κ2) is 13.1. The number of nitrogens with zero attached hydrogens (tertiary/aromatic N) is 2. The van der Waals surface area contributed by atoms with Crippen LogP contribution in [0.3, 0.4) is 0 Å². The third-order valence-electron chi connectivity index (χ3n) is 5.43. The second-order valence-corrected chi connectivity index (χ2v) is 12.1. The molecule has 0 aliphatic heterocycles. The van der Waals surface area contributed by atoms with E-state index in [-0.39, 0.29) is 59.1 Å². The van der Waals surface area contributed by atoms with Crippen molar-refractivity contribution in [1.82, 2.24) is 9.97 Å². The fourth-order valence-electron chi connectivity index (χ4n) is 3.94. The molecule has 0 saturated heterocycles. The second-order valence-electron chi connectivity index (χ2n) is 8.03. The van der Waals surface area contributed by atoms with E-state index in [1.165, 1.54) is 22.3 Å². The third kappa shape index (κ3) is 7.28. The average Bonchev–Trinajstić information content (AvgIpc) is 2.83. The maximum absolute atomic E-state index is 9.20. The maximum atomic E-state index is 9.20. The van der Waals surface area contributed by atoms with E-state index in [0.717, 1.165) is 33.2 Å². The number of aromatic nitrogens is 2. The molecule has 0 unspecified atom stereocenters. The van der Waals surface area contributed by atoms with Crippen molar-refractivity contribution in [2.45, 2.75) is 13.8 Å². The van der Waals surface area contributed by atoms with Gasteiger partial charge in [-0.3, -0.25) is 9.97 Å². The van der Waals surface area contributed by atoms with E-state index in [0.29, 0.717) is 0 Å². The Morgan fingerprint density at radius 1 is 0.553 bits per heavy atom. The van der Waals surface area contributed by atoms with Crippen LogP contribution < -0.4 is 59.1 Å². The Hall–Kier alpha value is -1.70. The average molecular weight is 567 g/mol. The van der Waals surface area contributed by atoms with E-state index < -0.39 is 18.3 Å². The summed E-state index contributed by atoms with van der Waals surface area (Å²) in [5.74, 6) is 0. The Balaban J connectivity index is 0.000000446. The molecule has 2 aromatic heterocycles. The first-order valence-corrected chi connectivity index (χ1v) is 14.0. The first-order chi connectivity index (χ1) is 17.0. The first kappa shape index (κ1) is 32.5. The van der Waals surface area contributed by atoms with Gasteiger partial charge in [0.05, 0.1) is 11.0 Å². The number of pyridine rings is 2. The Morgan fingerprint density at radius 3 is 1.16 bits per heavy atom. The summed E-state index contributed by atoms with van der Waals surface area (Å²) < 4.78 is 55.2. The predicted molar refractivity (Wildman–Crippen MR) is 137 cm³/mol. The van der Waals surface area contributed by atoms with Crippen LogP contribution in [0.2, 0.25) is 0 Å². The zero-order valence-corrected chi connectivity index (χ0v) is 26.9. The van der Waals surface area contributed by atoms with Gasteiger partial charge in [0.2, 0.25) is 0 Å². The van der Waals surface area contributed by atoms with Crippen LogP contribution >= 0.6 is 0 Å². The number of hydrogen-bond acceptors (Lipinski definition) is 8. The van der Waals surface area contributed by atoms with Gasteiger partial charge in [-0.1, -0.05) is 72.8 Å². The molecule has 5 rings (SSSR count). The van der Waals surface area contributed by atoms with E-state index in [4.69, 9.17) is 9.97 Å². The number of hydrogen-bond donors (Lipinski definition) is 0. The van der Waals surface area contributed by atoms with E-state index in [1.54, 1.807) is 0 Å². The Morgan fingerprint density at radius 2 is 0.868 bits per heavy atom. The first-order valence-electron chi connectivity index (χ1n) is 10.7. The van der Waals surface area contributed by atoms with Gasteiger partial charge in [-0.2, -0.15) is 0 Å². The zero-order chi connectivity index (χ0) is 26.1. The zero-order valence-electron chi connectivity index (χ0n) is 21.2. The molecule has 0 bridgehead atoms. The van der Waals surface area contributed by atoms with Crippen LogP contribution in [0.1, 0.15) is 11.4 Å².